The topological polar surface area (TPSA) is 73.1 Å². The van der Waals surface area contributed by atoms with Gasteiger partial charge in [0, 0.05) is 5.56 Å². The Balaban J connectivity index is 1.56. The van der Waals surface area contributed by atoms with Gasteiger partial charge in [0.25, 0.3) is 0 Å². The highest BCUT2D eigenvalue weighted by atomic mass is 16.5. The smallest absolute Gasteiger partial charge is 0.204 e. The Morgan fingerprint density at radius 2 is 1.68 bits per heavy atom. The van der Waals surface area contributed by atoms with Crippen molar-refractivity contribution in [3.63, 3.8) is 0 Å². The summed E-state index contributed by atoms with van der Waals surface area (Å²) in [5, 5.41) is 22.2. The van der Waals surface area contributed by atoms with Crippen molar-refractivity contribution in [2.75, 3.05) is 6.61 Å². The molecule has 0 saturated carbocycles. The van der Waals surface area contributed by atoms with Crippen molar-refractivity contribution in [1.29, 1.82) is 0 Å². The van der Waals surface area contributed by atoms with Gasteiger partial charge in [0.2, 0.25) is 5.82 Å². The van der Waals surface area contributed by atoms with E-state index in [1.807, 2.05) is 60.7 Å². The standard InChI is InChI=1S/C16H16N4O2/c21-14(12-22-15-9-5-2-6-10-15)11-20-18-16(17-19-20)13-7-3-1-4-8-13/h1-10,14,21H,11-12H2. The number of aliphatic hydroxyl groups is 1. The van der Waals surface area contributed by atoms with Crippen LogP contribution in [0, 0.1) is 0 Å². The molecule has 112 valence electrons. The molecule has 0 aliphatic rings. The first kappa shape index (κ1) is 14.2. The Morgan fingerprint density at radius 1 is 1.00 bits per heavy atom. The van der Waals surface area contributed by atoms with E-state index in [2.05, 4.69) is 15.4 Å². The molecular weight excluding hydrogens is 280 g/mol. The van der Waals surface area contributed by atoms with Gasteiger partial charge >= 0.3 is 0 Å². The number of nitrogens with zero attached hydrogens (tertiary/aromatic N) is 4. The first-order valence-corrected chi connectivity index (χ1v) is 7.00. The summed E-state index contributed by atoms with van der Waals surface area (Å²) in [5.41, 5.74) is 0.892. The van der Waals surface area contributed by atoms with E-state index in [4.69, 9.17) is 4.74 Å². The minimum Gasteiger partial charge on any atom is -0.491 e. The van der Waals surface area contributed by atoms with Gasteiger partial charge < -0.3 is 9.84 Å². The van der Waals surface area contributed by atoms with Gasteiger partial charge in [-0.3, -0.25) is 0 Å². The van der Waals surface area contributed by atoms with Crippen LogP contribution in [0.2, 0.25) is 0 Å². The van der Waals surface area contributed by atoms with Crippen LogP contribution in [0.1, 0.15) is 0 Å². The molecule has 0 aliphatic heterocycles. The summed E-state index contributed by atoms with van der Waals surface area (Å²) in [6, 6.07) is 18.9. The molecule has 0 fully saturated rings. The van der Waals surface area contributed by atoms with Gasteiger partial charge in [0.15, 0.2) is 0 Å². The molecule has 1 aromatic heterocycles. The number of benzene rings is 2. The number of aliphatic hydroxyl groups excluding tert-OH is 1. The Kier molecular flexibility index (Phi) is 4.41. The van der Waals surface area contributed by atoms with E-state index in [0.29, 0.717) is 5.82 Å². The van der Waals surface area contributed by atoms with E-state index in [9.17, 15) is 5.11 Å². The van der Waals surface area contributed by atoms with Crippen molar-refractivity contribution in [2.24, 2.45) is 0 Å². The summed E-state index contributed by atoms with van der Waals surface area (Å²) in [6.45, 7) is 0.402. The fourth-order valence-electron chi connectivity index (χ4n) is 1.97. The molecule has 1 atom stereocenters. The van der Waals surface area contributed by atoms with Crippen LogP contribution in [0.3, 0.4) is 0 Å². The number of tetrazole rings is 1. The Labute approximate surface area is 128 Å². The highest BCUT2D eigenvalue weighted by Crippen LogP contribution is 2.12. The maximum absolute atomic E-state index is 9.99. The van der Waals surface area contributed by atoms with E-state index in [1.54, 1.807) is 0 Å². The molecule has 3 aromatic rings. The molecule has 6 nitrogen and oxygen atoms in total. The Hall–Kier alpha value is -2.73. The Morgan fingerprint density at radius 3 is 2.41 bits per heavy atom. The van der Waals surface area contributed by atoms with Crippen LogP contribution in [-0.2, 0) is 6.54 Å². The second-order valence-corrected chi connectivity index (χ2v) is 4.81. The van der Waals surface area contributed by atoms with Gasteiger partial charge in [-0.2, -0.15) is 4.80 Å². The Bertz CT molecular complexity index is 700. The molecule has 0 amide bonds. The maximum Gasteiger partial charge on any atom is 0.204 e. The zero-order chi connectivity index (χ0) is 15.2. The van der Waals surface area contributed by atoms with E-state index in [0.717, 1.165) is 11.3 Å². The second kappa shape index (κ2) is 6.82. The molecule has 1 heterocycles. The average molecular weight is 296 g/mol. The summed E-state index contributed by atoms with van der Waals surface area (Å²) >= 11 is 0. The SMILES string of the molecule is OC(COc1ccccc1)Cn1nnc(-c2ccccc2)n1. The van der Waals surface area contributed by atoms with Crippen LogP contribution >= 0.6 is 0 Å². The molecule has 0 aliphatic carbocycles. The van der Waals surface area contributed by atoms with Crippen molar-refractivity contribution in [1.82, 2.24) is 20.2 Å². The first-order valence-electron chi connectivity index (χ1n) is 7.00. The zero-order valence-corrected chi connectivity index (χ0v) is 11.9. The lowest BCUT2D eigenvalue weighted by molar-refractivity contribution is 0.0850. The van der Waals surface area contributed by atoms with Crippen LogP contribution in [0.5, 0.6) is 5.75 Å². The minimum atomic E-state index is -0.710. The van der Waals surface area contributed by atoms with Gasteiger partial charge in [0.05, 0.1) is 6.54 Å². The number of para-hydroxylation sites is 1. The molecule has 1 unspecified atom stereocenters. The number of hydrogen-bond acceptors (Lipinski definition) is 5. The zero-order valence-electron chi connectivity index (χ0n) is 11.9. The molecule has 0 bridgehead atoms. The van der Waals surface area contributed by atoms with E-state index in [-0.39, 0.29) is 13.2 Å². The molecule has 0 radical (unpaired) electrons. The predicted octanol–water partition coefficient (Wildman–Crippen LogP) is 1.78. The maximum atomic E-state index is 9.99. The lowest BCUT2D eigenvalue weighted by Crippen LogP contribution is -2.24. The predicted molar refractivity (Wildman–Crippen MR) is 81.2 cm³/mol. The van der Waals surface area contributed by atoms with Crippen molar-refractivity contribution in [3.8, 4) is 17.1 Å². The second-order valence-electron chi connectivity index (χ2n) is 4.81. The first-order chi connectivity index (χ1) is 10.8. The fourth-order valence-corrected chi connectivity index (χ4v) is 1.97. The number of hydrogen-bond donors (Lipinski definition) is 1. The molecule has 1 N–H and O–H groups in total. The van der Waals surface area contributed by atoms with E-state index in [1.165, 1.54) is 4.80 Å². The summed E-state index contributed by atoms with van der Waals surface area (Å²) in [6.07, 6.45) is -0.710. The monoisotopic (exact) mass is 296 g/mol. The van der Waals surface area contributed by atoms with Crippen molar-refractivity contribution < 1.29 is 9.84 Å². The van der Waals surface area contributed by atoms with Gasteiger partial charge in [-0.25, -0.2) is 0 Å². The van der Waals surface area contributed by atoms with Crippen molar-refractivity contribution in [3.05, 3.63) is 60.7 Å². The summed E-state index contributed by atoms with van der Waals surface area (Å²) in [7, 11) is 0. The minimum absolute atomic E-state index is 0.173. The largest absolute Gasteiger partial charge is 0.491 e. The molecule has 6 heteroatoms. The normalized spacial score (nSPS) is 12.0. The third kappa shape index (κ3) is 3.67. The molecule has 0 spiro atoms. The fraction of sp³-hybridized carbons (Fsp3) is 0.188. The third-order valence-electron chi connectivity index (χ3n) is 3.04. The van der Waals surface area contributed by atoms with Crippen molar-refractivity contribution in [2.45, 2.75) is 12.6 Å². The molecule has 22 heavy (non-hydrogen) atoms. The third-order valence-corrected chi connectivity index (χ3v) is 3.04. The average Bonchev–Trinajstić information content (AvgIpc) is 3.03. The molecular formula is C16H16N4O2. The quantitative estimate of drug-likeness (QED) is 0.750. The lowest BCUT2D eigenvalue weighted by Gasteiger charge is -2.11. The van der Waals surface area contributed by atoms with Crippen molar-refractivity contribution >= 4 is 0 Å². The van der Waals surface area contributed by atoms with Crippen LogP contribution in [-0.4, -0.2) is 38.0 Å². The van der Waals surface area contributed by atoms with E-state index < -0.39 is 6.10 Å². The summed E-state index contributed by atoms with van der Waals surface area (Å²) in [4.78, 5) is 1.38. The van der Waals surface area contributed by atoms with Crippen LogP contribution in [0.4, 0.5) is 0 Å². The van der Waals surface area contributed by atoms with Gasteiger partial charge in [-0.1, -0.05) is 48.5 Å². The number of rotatable bonds is 6. The summed E-state index contributed by atoms with van der Waals surface area (Å²) < 4.78 is 5.49. The lowest BCUT2D eigenvalue weighted by atomic mass is 10.2. The number of ether oxygens (including phenoxy) is 1. The molecule has 0 saturated heterocycles. The van der Waals surface area contributed by atoms with Crippen LogP contribution < -0.4 is 4.74 Å². The molecule has 2 aromatic carbocycles. The van der Waals surface area contributed by atoms with E-state index >= 15 is 0 Å². The molecule has 3 rings (SSSR count). The van der Waals surface area contributed by atoms with Gasteiger partial charge in [-0.15, -0.1) is 10.2 Å². The number of aromatic nitrogens is 4. The highest BCUT2D eigenvalue weighted by molar-refractivity contribution is 5.52. The summed E-state index contributed by atoms with van der Waals surface area (Å²) in [5.74, 6) is 1.26. The van der Waals surface area contributed by atoms with Gasteiger partial charge in [0.1, 0.15) is 18.5 Å². The highest BCUT2D eigenvalue weighted by Gasteiger charge is 2.10. The van der Waals surface area contributed by atoms with Gasteiger partial charge in [-0.05, 0) is 17.3 Å². The van der Waals surface area contributed by atoms with Crippen LogP contribution in [0.25, 0.3) is 11.4 Å². The van der Waals surface area contributed by atoms with Crippen LogP contribution in [0.15, 0.2) is 60.7 Å².